The molecule has 8 heteroatoms. The molecule has 0 saturated heterocycles. The molecule has 136 valence electrons. The monoisotopic (exact) mass is 379 g/mol. The van der Waals surface area contributed by atoms with E-state index in [0.29, 0.717) is 22.1 Å². The summed E-state index contributed by atoms with van der Waals surface area (Å²) in [4.78, 5) is 22.8. The second kappa shape index (κ2) is 5.95. The maximum absolute atomic E-state index is 13.1. The average molecular weight is 379 g/mol. The van der Waals surface area contributed by atoms with E-state index in [-0.39, 0.29) is 5.56 Å². The topological polar surface area (TPSA) is 95.1 Å². The molecule has 0 radical (unpaired) electrons. The van der Waals surface area contributed by atoms with Gasteiger partial charge in [-0.15, -0.1) is 11.3 Å². The third kappa shape index (κ3) is 2.69. The Morgan fingerprint density at radius 2 is 2.07 bits per heavy atom. The highest BCUT2D eigenvalue weighted by atomic mass is 32.1. The number of anilines is 2. The van der Waals surface area contributed by atoms with E-state index >= 15 is 0 Å². The zero-order valence-corrected chi connectivity index (χ0v) is 15.4. The van der Waals surface area contributed by atoms with Crippen LogP contribution in [0.3, 0.4) is 0 Å². The van der Waals surface area contributed by atoms with Crippen molar-refractivity contribution >= 4 is 43.3 Å². The summed E-state index contributed by atoms with van der Waals surface area (Å²) < 4.78 is 7.28. The molecule has 0 atom stereocenters. The largest absolute Gasteiger partial charge is 0.497 e. The second-order valence-electron chi connectivity index (χ2n) is 6.59. The lowest BCUT2D eigenvalue weighted by Crippen LogP contribution is -2.17. The number of rotatable bonds is 4. The van der Waals surface area contributed by atoms with Crippen LogP contribution in [0.25, 0.3) is 26.1 Å². The normalized spacial score (nSPS) is 14.0. The van der Waals surface area contributed by atoms with Crippen LogP contribution in [0, 0.1) is 0 Å². The minimum Gasteiger partial charge on any atom is -0.497 e. The molecule has 1 fully saturated rings. The van der Waals surface area contributed by atoms with Gasteiger partial charge in [0.1, 0.15) is 27.4 Å². The quantitative estimate of drug-likeness (QED) is 0.566. The fraction of sp³-hybridized carbons (Fsp3) is 0.211. The Balaban J connectivity index is 1.72. The zero-order valence-electron chi connectivity index (χ0n) is 14.6. The number of ether oxygens (including phenoxy) is 1. The Morgan fingerprint density at radius 3 is 2.78 bits per heavy atom. The molecular formula is C19H17N5O2S. The molecule has 0 spiro atoms. The minimum absolute atomic E-state index is 0.121. The van der Waals surface area contributed by atoms with Crippen LogP contribution in [0.1, 0.15) is 12.8 Å². The molecule has 7 nitrogen and oxygen atoms in total. The number of methoxy groups -OCH3 is 1. The lowest BCUT2D eigenvalue weighted by atomic mass is 10.2. The summed E-state index contributed by atoms with van der Waals surface area (Å²) in [7, 11) is 1.61. The number of fused-ring (bicyclic) bond motifs is 3. The first-order valence-electron chi connectivity index (χ1n) is 8.65. The van der Waals surface area contributed by atoms with Gasteiger partial charge in [-0.1, -0.05) is 0 Å². The Bertz CT molecular complexity index is 1230. The molecule has 0 aliphatic heterocycles. The van der Waals surface area contributed by atoms with Crippen molar-refractivity contribution in [2.45, 2.75) is 18.9 Å². The lowest BCUT2D eigenvalue weighted by molar-refractivity contribution is 0.414. The number of nitrogens with zero attached hydrogens (tertiary/aromatic N) is 3. The van der Waals surface area contributed by atoms with Gasteiger partial charge < -0.3 is 15.8 Å². The summed E-state index contributed by atoms with van der Waals surface area (Å²) in [6.45, 7) is 0. The van der Waals surface area contributed by atoms with E-state index in [1.54, 1.807) is 13.4 Å². The summed E-state index contributed by atoms with van der Waals surface area (Å²) in [6, 6.07) is 9.58. The minimum atomic E-state index is -0.121. The summed E-state index contributed by atoms with van der Waals surface area (Å²) in [5, 5.41) is 4.35. The number of hydrogen-bond donors (Lipinski definition) is 2. The van der Waals surface area contributed by atoms with E-state index in [4.69, 9.17) is 10.5 Å². The van der Waals surface area contributed by atoms with Crippen molar-refractivity contribution in [3.05, 3.63) is 47.0 Å². The molecule has 0 bridgehead atoms. The first kappa shape index (κ1) is 16.1. The summed E-state index contributed by atoms with van der Waals surface area (Å²) in [5.74, 6) is 1.17. The van der Waals surface area contributed by atoms with Gasteiger partial charge in [0.05, 0.1) is 29.4 Å². The van der Waals surface area contributed by atoms with Gasteiger partial charge in [0, 0.05) is 12.1 Å². The molecule has 3 N–H and O–H groups in total. The van der Waals surface area contributed by atoms with Gasteiger partial charge in [0.25, 0.3) is 5.56 Å². The van der Waals surface area contributed by atoms with E-state index in [1.807, 2.05) is 30.3 Å². The summed E-state index contributed by atoms with van der Waals surface area (Å²) in [6.07, 6.45) is 3.85. The van der Waals surface area contributed by atoms with E-state index in [0.717, 1.165) is 40.2 Å². The van der Waals surface area contributed by atoms with Gasteiger partial charge in [-0.3, -0.25) is 9.36 Å². The van der Waals surface area contributed by atoms with Crippen molar-refractivity contribution in [3.63, 3.8) is 0 Å². The lowest BCUT2D eigenvalue weighted by Gasteiger charge is -2.08. The highest BCUT2D eigenvalue weighted by molar-refractivity contribution is 7.25. The van der Waals surface area contributed by atoms with E-state index in [2.05, 4.69) is 15.3 Å². The van der Waals surface area contributed by atoms with Crippen LogP contribution in [0.5, 0.6) is 5.75 Å². The number of aromatic nitrogens is 3. The third-order valence-electron chi connectivity index (χ3n) is 4.66. The molecule has 1 aromatic carbocycles. The van der Waals surface area contributed by atoms with E-state index < -0.39 is 0 Å². The fourth-order valence-corrected chi connectivity index (χ4v) is 4.23. The van der Waals surface area contributed by atoms with Crippen LogP contribution in [0.4, 0.5) is 11.5 Å². The number of pyridine rings is 1. The molecule has 5 rings (SSSR count). The van der Waals surface area contributed by atoms with Gasteiger partial charge in [0.2, 0.25) is 0 Å². The SMILES string of the molecule is COc1ccc(-n2cnc3c(sc4nc(N)cc(NC5CC5)c43)c2=O)cc1. The molecular weight excluding hydrogens is 362 g/mol. The molecule has 1 aliphatic carbocycles. The van der Waals surface area contributed by atoms with Crippen LogP contribution in [-0.2, 0) is 0 Å². The van der Waals surface area contributed by atoms with Gasteiger partial charge >= 0.3 is 0 Å². The predicted octanol–water partition coefficient (Wildman–Crippen LogP) is 3.16. The number of nitrogen functional groups attached to an aromatic ring is 1. The fourth-order valence-electron chi connectivity index (χ4n) is 3.14. The average Bonchev–Trinajstić information content (AvgIpc) is 3.40. The molecule has 0 amide bonds. The van der Waals surface area contributed by atoms with Crippen LogP contribution in [0.2, 0.25) is 0 Å². The molecule has 3 aromatic heterocycles. The van der Waals surface area contributed by atoms with Crippen LogP contribution < -0.4 is 21.3 Å². The van der Waals surface area contributed by atoms with Crippen molar-refractivity contribution < 1.29 is 4.74 Å². The third-order valence-corrected chi connectivity index (χ3v) is 5.72. The van der Waals surface area contributed by atoms with Crippen molar-refractivity contribution in [1.29, 1.82) is 0 Å². The maximum Gasteiger partial charge on any atom is 0.275 e. The Morgan fingerprint density at radius 1 is 1.30 bits per heavy atom. The maximum atomic E-state index is 13.1. The highest BCUT2D eigenvalue weighted by Gasteiger charge is 2.24. The molecule has 4 aromatic rings. The van der Waals surface area contributed by atoms with Crippen LogP contribution in [-0.4, -0.2) is 27.7 Å². The van der Waals surface area contributed by atoms with E-state index in [1.165, 1.54) is 15.9 Å². The zero-order chi connectivity index (χ0) is 18.5. The van der Waals surface area contributed by atoms with Gasteiger partial charge in [-0.25, -0.2) is 9.97 Å². The van der Waals surface area contributed by atoms with E-state index in [9.17, 15) is 4.79 Å². The first-order chi connectivity index (χ1) is 13.1. The number of nitrogens with one attached hydrogen (secondary N) is 1. The van der Waals surface area contributed by atoms with Crippen LogP contribution >= 0.6 is 11.3 Å². The first-order valence-corrected chi connectivity index (χ1v) is 9.47. The Kier molecular flexibility index (Phi) is 3.54. The second-order valence-corrected chi connectivity index (χ2v) is 7.59. The predicted molar refractivity (Wildman–Crippen MR) is 108 cm³/mol. The smallest absolute Gasteiger partial charge is 0.275 e. The number of benzene rings is 1. The number of thiophene rings is 1. The highest BCUT2D eigenvalue weighted by Crippen LogP contribution is 2.37. The van der Waals surface area contributed by atoms with Gasteiger partial charge in [-0.2, -0.15) is 0 Å². The number of nitrogens with two attached hydrogens (primary N) is 1. The van der Waals surface area contributed by atoms with Crippen molar-refractivity contribution in [3.8, 4) is 11.4 Å². The molecule has 27 heavy (non-hydrogen) atoms. The van der Waals surface area contributed by atoms with Crippen molar-refractivity contribution in [2.75, 3.05) is 18.2 Å². The molecule has 3 heterocycles. The van der Waals surface area contributed by atoms with Crippen LogP contribution in [0.15, 0.2) is 41.5 Å². The standard InChI is InChI=1S/C19H17N5O2S/c1-26-12-6-4-11(5-7-12)24-9-21-16-15-13(22-10-2-3-10)8-14(20)23-18(15)27-17(16)19(24)25/h4-10H,2-3H2,1H3,(H3,20,22,23). The molecule has 1 aliphatic rings. The Labute approximate surface area is 158 Å². The van der Waals surface area contributed by atoms with Gasteiger partial charge in [0.15, 0.2) is 0 Å². The number of hydrogen-bond acceptors (Lipinski definition) is 7. The molecule has 1 saturated carbocycles. The Hall–Kier alpha value is -3.13. The van der Waals surface area contributed by atoms with Crippen molar-refractivity contribution in [1.82, 2.24) is 14.5 Å². The van der Waals surface area contributed by atoms with Crippen molar-refractivity contribution in [2.24, 2.45) is 0 Å². The molecule has 0 unspecified atom stereocenters. The summed E-state index contributed by atoms with van der Waals surface area (Å²) >= 11 is 1.33. The van der Waals surface area contributed by atoms with Gasteiger partial charge in [-0.05, 0) is 37.1 Å². The summed E-state index contributed by atoms with van der Waals surface area (Å²) in [5.41, 5.74) is 8.15.